The molecule has 2 aromatic heterocycles. The number of hydrogen-bond acceptors (Lipinski definition) is 6. The minimum Gasteiger partial charge on any atom is -0.368 e. The van der Waals surface area contributed by atoms with Gasteiger partial charge in [-0.25, -0.2) is 9.97 Å². The first-order valence-electron chi connectivity index (χ1n) is 10.4. The molecular formula is C23H26N6. The van der Waals surface area contributed by atoms with E-state index in [9.17, 15) is 0 Å². The molecule has 0 saturated carbocycles. The number of aryl methyl sites for hydroxylation is 1. The lowest BCUT2D eigenvalue weighted by Crippen LogP contribution is -2.47. The summed E-state index contributed by atoms with van der Waals surface area (Å²) in [6, 6.07) is 12.7. The molecule has 0 unspecified atom stereocenters. The van der Waals surface area contributed by atoms with E-state index in [1.807, 2.05) is 18.3 Å². The quantitative estimate of drug-likeness (QED) is 0.744. The zero-order chi connectivity index (χ0) is 19.6. The van der Waals surface area contributed by atoms with Crippen molar-refractivity contribution in [1.82, 2.24) is 20.3 Å². The van der Waals surface area contributed by atoms with Crippen molar-refractivity contribution >= 4 is 11.5 Å². The summed E-state index contributed by atoms with van der Waals surface area (Å²) >= 11 is 0. The van der Waals surface area contributed by atoms with Gasteiger partial charge in [-0.1, -0.05) is 25.1 Å². The largest absolute Gasteiger partial charge is 0.368 e. The number of nitrogens with zero attached hydrogens (tertiary/aromatic N) is 5. The van der Waals surface area contributed by atoms with E-state index in [2.05, 4.69) is 51.3 Å². The van der Waals surface area contributed by atoms with Crippen LogP contribution in [-0.2, 0) is 19.5 Å². The maximum Gasteiger partial charge on any atom is 0.163 e. The second-order valence-electron chi connectivity index (χ2n) is 7.60. The molecule has 0 bridgehead atoms. The third kappa shape index (κ3) is 3.44. The van der Waals surface area contributed by atoms with Crippen molar-refractivity contribution in [2.24, 2.45) is 0 Å². The van der Waals surface area contributed by atoms with Crippen molar-refractivity contribution in [3.8, 4) is 11.4 Å². The molecule has 0 radical (unpaired) electrons. The number of rotatable bonds is 4. The minimum atomic E-state index is 0.773. The normalized spacial score (nSPS) is 16.2. The second kappa shape index (κ2) is 7.79. The molecule has 1 N–H and O–H groups in total. The van der Waals surface area contributed by atoms with Crippen LogP contribution in [0.2, 0.25) is 0 Å². The summed E-state index contributed by atoms with van der Waals surface area (Å²) in [5, 5.41) is 3.44. The van der Waals surface area contributed by atoms with Crippen LogP contribution in [0, 0.1) is 0 Å². The van der Waals surface area contributed by atoms with Gasteiger partial charge < -0.3 is 15.1 Å². The van der Waals surface area contributed by atoms with E-state index >= 15 is 0 Å². The number of para-hydroxylation sites is 1. The lowest BCUT2D eigenvalue weighted by molar-refractivity contribution is 0.642. The van der Waals surface area contributed by atoms with Crippen molar-refractivity contribution < 1.29 is 0 Å². The van der Waals surface area contributed by atoms with Crippen LogP contribution in [-0.4, -0.2) is 41.1 Å². The van der Waals surface area contributed by atoms with E-state index in [4.69, 9.17) is 9.97 Å². The Morgan fingerprint density at radius 2 is 1.76 bits per heavy atom. The zero-order valence-electron chi connectivity index (χ0n) is 16.8. The number of anilines is 2. The molecule has 0 atom stereocenters. The van der Waals surface area contributed by atoms with Crippen LogP contribution < -0.4 is 15.1 Å². The molecule has 148 valence electrons. The molecule has 2 aliphatic rings. The van der Waals surface area contributed by atoms with Gasteiger partial charge in [0.2, 0.25) is 0 Å². The first-order valence-corrected chi connectivity index (χ1v) is 10.4. The van der Waals surface area contributed by atoms with Gasteiger partial charge in [0.1, 0.15) is 5.82 Å². The summed E-state index contributed by atoms with van der Waals surface area (Å²) < 4.78 is 0. The predicted octanol–water partition coefficient (Wildman–Crippen LogP) is 3.03. The summed E-state index contributed by atoms with van der Waals surface area (Å²) in [6.45, 7) is 7.82. The molecular weight excluding hydrogens is 360 g/mol. The van der Waals surface area contributed by atoms with Crippen LogP contribution in [0.25, 0.3) is 11.4 Å². The van der Waals surface area contributed by atoms with Crippen LogP contribution in [0.3, 0.4) is 0 Å². The topological polar surface area (TPSA) is 57.2 Å². The van der Waals surface area contributed by atoms with Crippen molar-refractivity contribution in [3.05, 3.63) is 65.6 Å². The molecule has 3 aromatic rings. The summed E-state index contributed by atoms with van der Waals surface area (Å²) in [5.74, 6) is 1.86. The molecule has 0 aliphatic carbocycles. The van der Waals surface area contributed by atoms with E-state index < -0.39 is 0 Å². The molecule has 6 nitrogen and oxygen atoms in total. The highest BCUT2D eigenvalue weighted by molar-refractivity contribution is 5.62. The Hall–Kier alpha value is -2.99. The van der Waals surface area contributed by atoms with E-state index in [0.717, 1.165) is 68.6 Å². The molecule has 29 heavy (non-hydrogen) atoms. The maximum atomic E-state index is 4.99. The fourth-order valence-electron chi connectivity index (χ4n) is 4.31. The third-order valence-corrected chi connectivity index (χ3v) is 5.88. The molecule has 5 rings (SSSR count). The summed E-state index contributed by atoms with van der Waals surface area (Å²) in [6.07, 6.45) is 4.69. The average Bonchev–Trinajstić information content (AvgIpc) is 3.28. The van der Waals surface area contributed by atoms with Gasteiger partial charge in [0.15, 0.2) is 5.82 Å². The van der Waals surface area contributed by atoms with Gasteiger partial charge in [0.25, 0.3) is 0 Å². The summed E-state index contributed by atoms with van der Waals surface area (Å²) in [4.78, 5) is 19.0. The van der Waals surface area contributed by atoms with E-state index in [1.54, 1.807) is 6.20 Å². The van der Waals surface area contributed by atoms with Crippen LogP contribution >= 0.6 is 0 Å². The Balaban J connectivity index is 1.42. The number of benzene rings is 1. The molecule has 0 amide bonds. The van der Waals surface area contributed by atoms with Gasteiger partial charge in [-0.2, -0.15) is 0 Å². The molecule has 1 fully saturated rings. The number of aromatic nitrogens is 3. The number of pyridine rings is 1. The van der Waals surface area contributed by atoms with Crippen LogP contribution in [0.1, 0.15) is 23.7 Å². The highest BCUT2D eigenvalue weighted by Crippen LogP contribution is 2.30. The van der Waals surface area contributed by atoms with Gasteiger partial charge >= 0.3 is 0 Å². The fraction of sp³-hybridized carbons (Fsp3) is 0.348. The van der Waals surface area contributed by atoms with Crippen LogP contribution in [0.5, 0.6) is 0 Å². The monoisotopic (exact) mass is 386 g/mol. The molecule has 6 heteroatoms. The number of fused-ring (bicyclic) bond motifs is 1. The smallest absolute Gasteiger partial charge is 0.163 e. The van der Waals surface area contributed by atoms with E-state index in [0.29, 0.717) is 0 Å². The van der Waals surface area contributed by atoms with E-state index in [1.165, 1.54) is 16.8 Å². The Kier molecular flexibility index (Phi) is 4.86. The van der Waals surface area contributed by atoms with Crippen molar-refractivity contribution in [3.63, 3.8) is 0 Å². The second-order valence-corrected chi connectivity index (χ2v) is 7.60. The Bertz CT molecular complexity index is 996. The number of piperazine rings is 1. The van der Waals surface area contributed by atoms with Gasteiger partial charge in [0, 0.05) is 68.5 Å². The van der Waals surface area contributed by atoms with Gasteiger partial charge in [0.05, 0.1) is 5.69 Å². The lowest BCUT2D eigenvalue weighted by Gasteiger charge is -2.38. The van der Waals surface area contributed by atoms with Gasteiger partial charge in [-0.05, 0) is 30.2 Å². The highest BCUT2D eigenvalue weighted by atomic mass is 15.3. The Morgan fingerprint density at radius 3 is 2.55 bits per heavy atom. The van der Waals surface area contributed by atoms with Gasteiger partial charge in [-0.15, -0.1) is 0 Å². The van der Waals surface area contributed by atoms with E-state index in [-0.39, 0.29) is 0 Å². The van der Waals surface area contributed by atoms with Crippen molar-refractivity contribution in [2.45, 2.75) is 26.4 Å². The molecule has 4 heterocycles. The predicted molar refractivity (Wildman–Crippen MR) is 116 cm³/mol. The first kappa shape index (κ1) is 18.1. The number of hydrogen-bond donors (Lipinski definition) is 1. The molecule has 2 aliphatic heterocycles. The number of nitrogens with one attached hydrogen (secondary N) is 1. The lowest BCUT2D eigenvalue weighted by atomic mass is 10.1. The SMILES string of the molecule is CCc1ccccc1N1CCN(c2nc(-c3cccnc3)nc3c2CNC3)CC1. The Morgan fingerprint density at radius 1 is 0.931 bits per heavy atom. The highest BCUT2D eigenvalue weighted by Gasteiger charge is 2.26. The standard InChI is InChI=1S/C23H26N6/c1-2-17-6-3-4-8-21(17)28-10-12-29(13-11-28)23-19-15-25-16-20(19)26-22(27-23)18-7-5-9-24-14-18/h3-9,14,25H,2,10-13,15-16H2,1H3. The average molecular weight is 387 g/mol. The van der Waals surface area contributed by atoms with Crippen LogP contribution in [0.15, 0.2) is 48.8 Å². The van der Waals surface area contributed by atoms with Crippen LogP contribution in [0.4, 0.5) is 11.5 Å². The summed E-state index contributed by atoms with van der Waals surface area (Å²) in [7, 11) is 0. The molecule has 1 saturated heterocycles. The molecule has 0 spiro atoms. The maximum absolute atomic E-state index is 4.99. The van der Waals surface area contributed by atoms with Crippen molar-refractivity contribution in [2.75, 3.05) is 36.0 Å². The Labute approximate surface area is 171 Å². The zero-order valence-corrected chi connectivity index (χ0v) is 16.8. The first-order chi connectivity index (χ1) is 14.3. The third-order valence-electron chi connectivity index (χ3n) is 5.88. The van der Waals surface area contributed by atoms with Gasteiger partial charge in [-0.3, -0.25) is 4.98 Å². The summed E-state index contributed by atoms with van der Waals surface area (Å²) in [5.41, 5.74) is 6.14. The minimum absolute atomic E-state index is 0.773. The van der Waals surface area contributed by atoms with Crippen molar-refractivity contribution in [1.29, 1.82) is 0 Å². The molecule has 1 aromatic carbocycles. The fourth-order valence-corrected chi connectivity index (χ4v) is 4.31.